The molecule has 0 spiro atoms. The van der Waals surface area contributed by atoms with Crippen molar-refractivity contribution in [3.63, 3.8) is 0 Å². The lowest BCUT2D eigenvalue weighted by molar-refractivity contribution is -0.122. The molecule has 1 amide bonds. The van der Waals surface area contributed by atoms with Crippen LogP contribution < -0.4 is 10.9 Å². The van der Waals surface area contributed by atoms with E-state index >= 15 is 0 Å². The Morgan fingerprint density at radius 3 is 2.70 bits per heavy atom. The molecular weight excluding hydrogens is 362 g/mol. The van der Waals surface area contributed by atoms with E-state index in [1.54, 1.807) is 6.07 Å². The van der Waals surface area contributed by atoms with Crippen molar-refractivity contribution in [2.45, 2.75) is 32.4 Å². The largest absolute Gasteiger partial charge is 0.347 e. The molecule has 1 atom stereocenters. The average Bonchev–Trinajstić information content (AvgIpc) is 3.49. The summed E-state index contributed by atoms with van der Waals surface area (Å²) >= 11 is 5.97. The van der Waals surface area contributed by atoms with E-state index < -0.39 is 0 Å². The summed E-state index contributed by atoms with van der Waals surface area (Å²) in [5, 5.41) is 4.28. The van der Waals surface area contributed by atoms with Gasteiger partial charge in [0, 0.05) is 5.02 Å². The highest BCUT2D eigenvalue weighted by molar-refractivity contribution is 6.30. The van der Waals surface area contributed by atoms with E-state index in [4.69, 9.17) is 11.6 Å². The molecule has 1 unspecified atom stereocenters. The van der Waals surface area contributed by atoms with Crippen molar-refractivity contribution in [1.82, 2.24) is 14.9 Å². The summed E-state index contributed by atoms with van der Waals surface area (Å²) in [6.45, 7) is 1.87. The molecule has 1 fully saturated rings. The van der Waals surface area contributed by atoms with Gasteiger partial charge in [0.05, 0.1) is 23.3 Å². The average molecular weight is 382 g/mol. The lowest BCUT2D eigenvalue weighted by Gasteiger charge is -2.19. The summed E-state index contributed by atoms with van der Waals surface area (Å²) < 4.78 is 1.36. The number of carbonyl (C=O) groups is 1. The van der Waals surface area contributed by atoms with Crippen LogP contribution >= 0.6 is 11.6 Å². The maximum Gasteiger partial charge on any atom is 0.261 e. The van der Waals surface area contributed by atoms with E-state index in [0.717, 1.165) is 24.0 Å². The number of para-hydroxylation sites is 1. The Morgan fingerprint density at radius 1 is 1.26 bits per heavy atom. The maximum atomic E-state index is 12.7. The third-order valence-electron chi connectivity index (χ3n) is 5.01. The van der Waals surface area contributed by atoms with Crippen molar-refractivity contribution < 1.29 is 4.79 Å². The number of rotatable bonds is 5. The topological polar surface area (TPSA) is 64.0 Å². The van der Waals surface area contributed by atoms with Gasteiger partial charge >= 0.3 is 0 Å². The Balaban J connectivity index is 1.55. The molecule has 1 N–H and O–H groups in total. The summed E-state index contributed by atoms with van der Waals surface area (Å²) in [7, 11) is 0. The van der Waals surface area contributed by atoms with Gasteiger partial charge in [-0.15, -0.1) is 0 Å². The first-order valence-corrected chi connectivity index (χ1v) is 9.40. The Kier molecular flexibility index (Phi) is 4.70. The smallest absolute Gasteiger partial charge is 0.261 e. The zero-order chi connectivity index (χ0) is 19.0. The molecule has 27 heavy (non-hydrogen) atoms. The number of hydrogen-bond donors (Lipinski definition) is 1. The summed E-state index contributed by atoms with van der Waals surface area (Å²) in [4.78, 5) is 29.7. The zero-order valence-electron chi connectivity index (χ0n) is 15.0. The van der Waals surface area contributed by atoms with E-state index in [-0.39, 0.29) is 24.1 Å². The summed E-state index contributed by atoms with van der Waals surface area (Å²) in [5.74, 6) is 0.238. The first-order valence-electron chi connectivity index (χ1n) is 9.02. The van der Waals surface area contributed by atoms with Crippen molar-refractivity contribution in [2.24, 2.45) is 5.92 Å². The normalized spacial score (nSPS) is 14.9. The highest BCUT2D eigenvalue weighted by Crippen LogP contribution is 2.41. The molecule has 138 valence electrons. The number of hydrogen-bond acceptors (Lipinski definition) is 3. The van der Waals surface area contributed by atoms with Gasteiger partial charge in [0.25, 0.3) is 5.56 Å². The summed E-state index contributed by atoms with van der Waals surface area (Å²) in [5.41, 5.74) is 2.46. The molecule has 1 aliphatic carbocycles. The van der Waals surface area contributed by atoms with Crippen LogP contribution in [0.3, 0.4) is 0 Å². The molecule has 0 aliphatic heterocycles. The molecule has 4 rings (SSSR count). The summed E-state index contributed by atoms with van der Waals surface area (Å²) in [6.07, 6.45) is 3.63. The van der Waals surface area contributed by atoms with Gasteiger partial charge in [-0.25, -0.2) is 4.98 Å². The van der Waals surface area contributed by atoms with Crippen LogP contribution in [0.1, 0.15) is 30.0 Å². The molecule has 1 aliphatic rings. The molecule has 0 saturated heterocycles. The molecule has 3 aromatic rings. The molecule has 2 aromatic carbocycles. The van der Waals surface area contributed by atoms with Crippen LogP contribution in [-0.2, 0) is 11.3 Å². The third-order valence-corrected chi connectivity index (χ3v) is 5.26. The van der Waals surface area contributed by atoms with Crippen molar-refractivity contribution >= 4 is 28.4 Å². The number of benzene rings is 2. The Hall–Kier alpha value is -2.66. The van der Waals surface area contributed by atoms with Crippen LogP contribution in [0.4, 0.5) is 0 Å². The molecule has 0 radical (unpaired) electrons. The number of fused-ring (bicyclic) bond motifs is 1. The number of nitrogens with one attached hydrogen (secondary N) is 1. The van der Waals surface area contributed by atoms with Crippen LogP contribution in [0, 0.1) is 12.8 Å². The van der Waals surface area contributed by atoms with Gasteiger partial charge in [-0.3, -0.25) is 14.2 Å². The molecule has 1 heterocycles. The fraction of sp³-hybridized carbons (Fsp3) is 0.286. The molecule has 0 bridgehead atoms. The number of halogens is 1. The molecule has 1 aromatic heterocycles. The SMILES string of the molecule is Cc1cccc2c(=O)n(CC(=O)NC(c3ccc(Cl)cc3)C3CC3)cnc12. The van der Waals surface area contributed by atoms with Gasteiger partial charge in [0.1, 0.15) is 6.54 Å². The number of carbonyl (C=O) groups excluding carboxylic acids is 1. The van der Waals surface area contributed by atoms with Gasteiger partial charge in [-0.1, -0.05) is 35.9 Å². The standard InChI is InChI=1S/C21H20ClN3O2/c1-13-3-2-4-17-19(13)23-12-25(21(17)27)11-18(26)24-20(14-5-6-14)15-7-9-16(22)10-8-15/h2-4,7-10,12,14,20H,5-6,11H2,1H3,(H,24,26). The zero-order valence-corrected chi connectivity index (χ0v) is 15.7. The highest BCUT2D eigenvalue weighted by Gasteiger charge is 2.33. The quantitative estimate of drug-likeness (QED) is 0.734. The molecule has 1 saturated carbocycles. The predicted molar refractivity (Wildman–Crippen MR) is 106 cm³/mol. The van der Waals surface area contributed by atoms with E-state index in [9.17, 15) is 9.59 Å². The number of nitrogens with zero attached hydrogens (tertiary/aromatic N) is 2. The minimum atomic E-state index is -0.201. The second kappa shape index (κ2) is 7.16. The Bertz CT molecular complexity index is 1060. The molecule has 6 heteroatoms. The lowest BCUT2D eigenvalue weighted by atomic mass is 10.0. The van der Waals surface area contributed by atoms with Crippen LogP contribution in [-0.4, -0.2) is 15.5 Å². The predicted octanol–water partition coefficient (Wildman–Crippen LogP) is 3.63. The molecular formula is C21H20ClN3O2. The monoisotopic (exact) mass is 381 g/mol. The molecule has 5 nitrogen and oxygen atoms in total. The van der Waals surface area contributed by atoms with Crippen LogP contribution in [0.5, 0.6) is 0 Å². The minimum Gasteiger partial charge on any atom is -0.347 e. The van der Waals surface area contributed by atoms with Gasteiger partial charge in [0.15, 0.2) is 0 Å². The summed E-state index contributed by atoms with van der Waals surface area (Å²) in [6, 6.07) is 13.0. The van der Waals surface area contributed by atoms with Crippen LogP contribution in [0.2, 0.25) is 5.02 Å². The van der Waals surface area contributed by atoms with Crippen LogP contribution in [0.15, 0.2) is 53.6 Å². The van der Waals surface area contributed by atoms with Crippen molar-refractivity contribution in [3.05, 3.63) is 75.3 Å². The van der Waals surface area contributed by atoms with E-state index in [1.807, 2.05) is 43.3 Å². The van der Waals surface area contributed by atoms with Gasteiger partial charge < -0.3 is 5.32 Å². The van der Waals surface area contributed by atoms with Crippen molar-refractivity contribution in [3.8, 4) is 0 Å². The number of aryl methyl sites for hydroxylation is 1. The first kappa shape index (κ1) is 17.7. The third kappa shape index (κ3) is 3.74. The first-order chi connectivity index (χ1) is 13.0. The Labute approximate surface area is 162 Å². The lowest BCUT2D eigenvalue weighted by Crippen LogP contribution is -2.35. The number of amides is 1. The van der Waals surface area contributed by atoms with Crippen molar-refractivity contribution in [1.29, 1.82) is 0 Å². The number of aromatic nitrogens is 2. The fourth-order valence-corrected chi connectivity index (χ4v) is 3.52. The van der Waals surface area contributed by atoms with E-state index in [2.05, 4.69) is 10.3 Å². The van der Waals surface area contributed by atoms with E-state index in [1.165, 1.54) is 10.9 Å². The minimum absolute atomic E-state index is 0.0491. The Morgan fingerprint density at radius 2 is 2.00 bits per heavy atom. The van der Waals surface area contributed by atoms with Crippen molar-refractivity contribution in [2.75, 3.05) is 0 Å². The fourth-order valence-electron chi connectivity index (χ4n) is 3.40. The van der Waals surface area contributed by atoms with E-state index in [0.29, 0.717) is 21.8 Å². The van der Waals surface area contributed by atoms with Gasteiger partial charge in [0.2, 0.25) is 5.91 Å². The second-order valence-electron chi connectivity index (χ2n) is 7.08. The second-order valence-corrected chi connectivity index (χ2v) is 7.52. The van der Waals surface area contributed by atoms with Gasteiger partial charge in [-0.2, -0.15) is 0 Å². The van der Waals surface area contributed by atoms with Gasteiger partial charge in [-0.05, 0) is 55.0 Å². The highest BCUT2D eigenvalue weighted by atomic mass is 35.5. The maximum absolute atomic E-state index is 12.7. The van der Waals surface area contributed by atoms with Crippen LogP contribution in [0.25, 0.3) is 10.9 Å².